The summed E-state index contributed by atoms with van der Waals surface area (Å²) in [6.45, 7) is 2.60. The molecule has 0 bridgehead atoms. The van der Waals surface area contributed by atoms with Crippen LogP contribution in [0.5, 0.6) is 0 Å². The van der Waals surface area contributed by atoms with Crippen LogP contribution in [0.2, 0.25) is 5.02 Å². The zero-order valence-electron chi connectivity index (χ0n) is 10.9. The number of nitrogens with zero attached hydrogens (tertiary/aromatic N) is 3. The van der Waals surface area contributed by atoms with Gasteiger partial charge in [0.25, 0.3) is 0 Å². The maximum absolute atomic E-state index is 6.25. The summed E-state index contributed by atoms with van der Waals surface area (Å²) in [6.07, 6.45) is 3.61. The van der Waals surface area contributed by atoms with E-state index in [9.17, 15) is 0 Å². The molecular weight excluding hydrogens is 293 g/mol. The van der Waals surface area contributed by atoms with E-state index < -0.39 is 0 Å². The van der Waals surface area contributed by atoms with Gasteiger partial charge in [-0.15, -0.1) is 11.6 Å². The van der Waals surface area contributed by atoms with Crippen LogP contribution < -0.4 is 0 Å². The summed E-state index contributed by atoms with van der Waals surface area (Å²) in [6, 6.07) is 9.63. The number of rotatable bonds is 3. The van der Waals surface area contributed by atoms with Gasteiger partial charge in [-0.05, 0) is 36.8 Å². The van der Waals surface area contributed by atoms with Crippen molar-refractivity contribution in [3.05, 3.63) is 59.1 Å². The first-order chi connectivity index (χ1) is 9.65. The third-order valence-electron chi connectivity index (χ3n) is 3.16. The highest BCUT2D eigenvalue weighted by Gasteiger charge is 2.15. The predicted molar refractivity (Wildman–Crippen MR) is 82.4 cm³/mol. The van der Waals surface area contributed by atoms with Gasteiger partial charge in [0.2, 0.25) is 0 Å². The Labute approximate surface area is 127 Å². The van der Waals surface area contributed by atoms with Crippen LogP contribution in [0.3, 0.4) is 0 Å². The fourth-order valence-corrected chi connectivity index (χ4v) is 2.59. The van der Waals surface area contributed by atoms with Crippen molar-refractivity contribution in [1.82, 2.24) is 14.5 Å². The average molecular weight is 306 g/mol. The Morgan fingerprint density at radius 1 is 1.30 bits per heavy atom. The number of hydrogen-bond donors (Lipinski definition) is 0. The van der Waals surface area contributed by atoms with Crippen molar-refractivity contribution in [3.63, 3.8) is 0 Å². The normalized spacial score (nSPS) is 12.8. The molecule has 0 aliphatic rings. The molecule has 0 radical (unpaired) electrons. The molecule has 0 aliphatic carbocycles. The molecule has 0 spiro atoms. The lowest BCUT2D eigenvalue weighted by molar-refractivity contribution is 0.740. The summed E-state index contributed by atoms with van der Waals surface area (Å²) in [5.41, 5.74) is 3.00. The molecule has 0 aliphatic heterocycles. The number of pyridine rings is 1. The van der Waals surface area contributed by atoms with Gasteiger partial charge in [0.1, 0.15) is 5.82 Å². The molecule has 3 rings (SSSR count). The van der Waals surface area contributed by atoms with E-state index in [2.05, 4.69) is 14.5 Å². The third-order valence-corrected chi connectivity index (χ3v) is 3.59. The number of halogens is 2. The van der Waals surface area contributed by atoms with Crippen molar-refractivity contribution >= 4 is 34.2 Å². The van der Waals surface area contributed by atoms with Crippen LogP contribution in [0.4, 0.5) is 0 Å². The molecule has 0 saturated carbocycles. The van der Waals surface area contributed by atoms with E-state index in [1.807, 2.05) is 43.5 Å². The second-order valence-electron chi connectivity index (χ2n) is 4.67. The number of hydrogen-bond acceptors (Lipinski definition) is 2. The SMILES string of the molecule is CC(Cl)c1nc2ccc(Cl)cc2n1Cc1cccnc1. The Kier molecular flexibility index (Phi) is 3.64. The van der Waals surface area contributed by atoms with Crippen LogP contribution >= 0.6 is 23.2 Å². The first-order valence-corrected chi connectivity index (χ1v) is 7.15. The van der Waals surface area contributed by atoms with Crippen LogP contribution in [0.1, 0.15) is 23.7 Å². The largest absolute Gasteiger partial charge is 0.322 e. The molecule has 0 N–H and O–H groups in total. The zero-order chi connectivity index (χ0) is 14.1. The van der Waals surface area contributed by atoms with E-state index in [4.69, 9.17) is 23.2 Å². The van der Waals surface area contributed by atoms with Crippen molar-refractivity contribution < 1.29 is 0 Å². The summed E-state index contributed by atoms with van der Waals surface area (Å²) in [5.74, 6) is 0.841. The first-order valence-electron chi connectivity index (χ1n) is 6.34. The minimum absolute atomic E-state index is 0.169. The maximum atomic E-state index is 6.25. The maximum Gasteiger partial charge on any atom is 0.128 e. The van der Waals surface area contributed by atoms with E-state index in [1.54, 1.807) is 6.20 Å². The predicted octanol–water partition coefficient (Wildman–Crippen LogP) is 4.43. The highest BCUT2D eigenvalue weighted by atomic mass is 35.5. The Hall–Kier alpha value is -1.58. The zero-order valence-corrected chi connectivity index (χ0v) is 12.4. The van der Waals surface area contributed by atoms with Crippen LogP contribution in [-0.4, -0.2) is 14.5 Å². The fourth-order valence-electron chi connectivity index (χ4n) is 2.26. The summed E-state index contributed by atoms with van der Waals surface area (Å²) in [7, 11) is 0. The van der Waals surface area contributed by atoms with Gasteiger partial charge in [0.15, 0.2) is 0 Å². The van der Waals surface area contributed by atoms with Gasteiger partial charge < -0.3 is 4.57 Å². The number of alkyl halides is 1. The summed E-state index contributed by atoms with van der Waals surface area (Å²) in [5, 5.41) is 0.524. The molecule has 5 heteroatoms. The lowest BCUT2D eigenvalue weighted by atomic mass is 10.2. The van der Waals surface area contributed by atoms with Gasteiger partial charge >= 0.3 is 0 Å². The van der Waals surface area contributed by atoms with Gasteiger partial charge in [-0.25, -0.2) is 4.98 Å². The van der Waals surface area contributed by atoms with Gasteiger partial charge in [-0.1, -0.05) is 17.7 Å². The third kappa shape index (κ3) is 2.51. The molecule has 3 nitrogen and oxygen atoms in total. The van der Waals surface area contributed by atoms with Crippen molar-refractivity contribution in [3.8, 4) is 0 Å². The van der Waals surface area contributed by atoms with Crippen molar-refractivity contribution in [2.24, 2.45) is 0 Å². The Morgan fingerprint density at radius 3 is 2.85 bits per heavy atom. The number of fused-ring (bicyclic) bond motifs is 1. The average Bonchev–Trinajstić information content (AvgIpc) is 2.78. The second kappa shape index (κ2) is 5.43. The molecule has 102 valence electrons. The summed E-state index contributed by atoms with van der Waals surface area (Å²) in [4.78, 5) is 8.75. The molecular formula is C15H13Cl2N3. The smallest absolute Gasteiger partial charge is 0.128 e. The number of aromatic nitrogens is 3. The quantitative estimate of drug-likeness (QED) is 0.670. The standard InChI is InChI=1S/C15H13Cl2N3/c1-10(16)15-19-13-5-4-12(17)7-14(13)20(15)9-11-3-2-6-18-8-11/h2-8,10H,9H2,1H3. The van der Waals surface area contributed by atoms with Gasteiger partial charge in [-0.2, -0.15) is 0 Å². The van der Waals surface area contributed by atoms with Gasteiger partial charge in [-0.3, -0.25) is 4.98 Å². The molecule has 2 heterocycles. The van der Waals surface area contributed by atoms with Gasteiger partial charge in [0.05, 0.1) is 23.0 Å². The van der Waals surface area contributed by atoms with Crippen molar-refractivity contribution in [2.45, 2.75) is 18.8 Å². The highest BCUT2D eigenvalue weighted by Crippen LogP contribution is 2.27. The van der Waals surface area contributed by atoms with Crippen molar-refractivity contribution in [1.29, 1.82) is 0 Å². The second-order valence-corrected chi connectivity index (χ2v) is 5.76. The summed E-state index contributed by atoms with van der Waals surface area (Å²) >= 11 is 12.3. The number of imidazole rings is 1. The molecule has 0 amide bonds. The van der Waals surface area contributed by atoms with Crippen LogP contribution in [0.15, 0.2) is 42.7 Å². The molecule has 1 aromatic carbocycles. The first kappa shape index (κ1) is 13.4. The monoisotopic (exact) mass is 305 g/mol. The van der Waals surface area contributed by atoms with Crippen LogP contribution in [0, 0.1) is 0 Å². The van der Waals surface area contributed by atoms with E-state index in [-0.39, 0.29) is 5.38 Å². The molecule has 3 aromatic rings. The Balaban J connectivity index is 2.15. The van der Waals surface area contributed by atoms with Crippen molar-refractivity contribution in [2.75, 3.05) is 0 Å². The minimum Gasteiger partial charge on any atom is -0.322 e. The molecule has 0 fully saturated rings. The molecule has 2 aromatic heterocycles. The summed E-state index contributed by atoms with van der Waals surface area (Å²) < 4.78 is 2.09. The van der Waals surface area contributed by atoms with Gasteiger partial charge in [0, 0.05) is 17.4 Å². The Morgan fingerprint density at radius 2 is 2.15 bits per heavy atom. The molecule has 20 heavy (non-hydrogen) atoms. The minimum atomic E-state index is -0.169. The lowest BCUT2D eigenvalue weighted by Crippen LogP contribution is -2.06. The van der Waals surface area contributed by atoms with E-state index >= 15 is 0 Å². The lowest BCUT2D eigenvalue weighted by Gasteiger charge is -2.10. The fraction of sp³-hybridized carbons (Fsp3) is 0.200. The number of benzene rings is 1. The molecule has 1 atom stereocenters. The van der Waals surface area contributed by atoms with E-state index in [0.29, 0.717) is 11.6 Å². The van der Waals surface area contributed by atoms with Crippen LogP contribution in [0.25, 0.3) is 11.0 Å². The molecule has 0 saturated heterocycles. The van der Waals surface area contributed by atoms with Crippen LogP contribution in [-0.2, 0) is 6.54 Å². The molecule has 1 unspecified atom stereocenters. The topological polar surface area (TPSA) is 30.7 Å². The van der Waals surface area contributed by atoms with E-state index in [0.717, 1.165) is 22.4 Å². The van der Waals surface area contributed by atoms with E-state index in [1.165, 1.54) is 0 Å². The Bertz CT molecular complexity index is 735. The highest BCUT2D eigenvalue weighted by molar-refractivity contribution is 6.31.